The highest BCUT2D eigenvalue weighted by atomic mass is 16.5. The van der Waals surface area contributed by atoms with Crippen molar-refractivity contribution in [2.75, 3.05) is 0 Å². The second kappa shape index (κ2) is 6.22. The van der Waals surface area contributed by atoms with Gasteiger partial charge < -0.3 is 9.26 Å². The maximum Gasteiger partial charge on any atom is 0.168 e. The number of aryl methyl sites for hydroxylation is 1. The van der Waals surface area contributed by atoms with Gasteiger partial charge in [-0.1, -0.05) is 42.4 Å². The molecule has 2 aromatic heterocycles. The van der Waals surface area contributed by atoms with Gasteiger partial charge in [-0.3, -0.25) is 4.98 Å². The van der Waals surface area contributed by atoms with Crippen LogP contribution in [0, 0.1) is 0 Å². The molecule has 4 nitrogen and oxygen atoms in total. The molecule has 0 aliphatic rings. The number of benzene rings is 1. The number of aromatic nitrogens is 2. The molecule has 0 spiro atoms. The third-order valence-electron chi connectivity index (χ3n) is 3.17. The van der Waals surface area contributed by atoms with E-state index in [-0.39, 0.29) is 0 Å². The number of nitrogens with zero attached hydrogens (tertiary/aromatic N) is 2. The molecule has 0 fully saturated rings. The maximum absolute atomic E-state index is 5.76. The first-order valence-electron chi connectivity index (χ1n) is 6.93. The molecule has 106 valence electrons. The van der Waals surface area contributed by atoms with E-state index in [2.05, 4.69) is 10.1 Å². The Hall–Kier alpha value is -2.62. The van der Waals surface area contributed by atoms with Crippen molar-refractivity contribution in [1.29, 1.82) is 0 Å². The third-order valence-corrected chi connectivity index (χ3v) is 3.17. The normalized spacial score (nSPS) is 10.5. The van der Waals surface area contributed by atoms with Gasteiger partial charge in [-0.05, 0) is 18.1 Å². The van der Waals surface area contributed by atoms with E-state index in [1.54, 1.807) is 12.4 Å². The molecule has 0 aliphatic heterocycles. The van der Waals surface area contributed by atoms with Gasteiger partial charge in [0.25, 0.3) is 0 Å². The minimum absolute atomic E-state index is 0.516. The van der Waals surface area contributed by atoms with Crippen molar-refractivity contribution in [3.63, 3.8) is 0 Å². The molecule has 1 aromatic carbocycles. The molecule has 0 saturated heterocycles. The average Bonchev–Trinajstić information content (AvgIpc) is 3.03. The van der Waals surface area contributed by atoms with Crippen molar-refractivity contribution in [2.24, 2.45) is 0 Å². The van der Waals surface area contributed by atoms with Gasteiger partial charge in [0.15, 0.2) is 5.76 Å². The smallest absolute Gasteiger partial charge is 0.168 e. The summed E-state index contributed by atoms with van der Waals surface area (Å²) < 4.78 is 11.1. The van der Waals surface area contributed by atoms with Gasteiger partial charge in [0, 0.05) is 17.8 Å². The number of hydrogen-bond acceptors (Lipinski definition) is 4. The number of ether oxygens (including phenoxy) is 1. The topological polar surface area (TPSA) is 48.2 Å². The number of hydrogen-bond donors (Lipinski definition) is 0. The summed E-state index contributed by atoms with van der Waals surface area (Å²) in [7, 11) is 0. The molecule has 0 N–H and O–H groups in total. The Morgan fingerprint density at radius 3 is 2.71 bits per heavy atom. The quantitative estimate of drug-likeness (QED) is 0.711. The lowest BCUT2D eigenvalue weighted by molar-refractivity contribution is 0.305. The predicted molar refractivity (Wildman–Crippen MR) is 79.9 cm³/mol. The van der Waals surface area contributed by atoms with Crippen molar-refractivity contribution in [1.82, 2.24) is 10.1 Å². The van der Waals surface area contributed by atoms with Gasteiger partial charge in [-0.2, -0.15) is 0 Å². The fraction of sp³-hybridized carbons (Fsp3) is 0.176. The molecule has 0 amide bonds. The van der Waals surface area contributed by atoms with Gasteiger partial charge in [-0.25, -0.2) is 0 Å². The van der Waals surface area contributed by atoms with Gasteiger partial charge in [0.1, 0.15) is 12.4 Å². The molecule has 0 saturated carbocycles. The monoisotopic (exact) mass is 280 g/mol. The summed E-state index contributed by atoms with van der Waals surface area (Å²) in [4.78, 5) is 4.20. The standard InChI is InChI=1S/C17H16N2O2/c1-2-15-9-17(21-19-15)14-8-16(11-18-10-14)20-12-13-6-4-3-5-7-13/h3-11H,2,12H2,1H3. The van der Waals surface area contributed by atoms with E-state index in [9.17, 15) is 0 Å². The highest BCUT2D eigenvalue weighted by Gasteiger charge is 2.07. The molecule has 0 radical (unpaired) electrons. The number of pyridine rings is 1. The van der Waals surface area contributed by atoms with Crippen LogP contribution in [0.4, 0.5) is 0 Å². The minimum atomic E-state index is 0.516. The molecular formula is C17H16N2O2. The second-order valence-electron chi connectivity index (χ2n) is 4.72. The highest BCUT2D eigenvalue weighted by Crippen LogP contribution is 2.24. The van der Waals surface area contributed by atoms with Crippen LogP contribution in [0.3, 0.4) is 0 Å². The van der Waals surface area contributed by atoms with Crippen LogP contribution in [0.1, 0.15) is 18.2 Å². The van der Waals surface area contributed by atoms with Gasteiger partial charge >= 0.3 is 0 Å². The third kappa shape index (κ3) is 3.28. The van der Waals surface area contributed by atoms with Crippen LogP contribution < -0.4 is 4.74 Å². The Morgan fingerprint density at radius 2 is 1.95 bits per heavy atom. The molecular weight excluding hydrogens is 264 g/mol. The highest BCUT2D eigenvalue weighted by molar-refractivity contribution is 5.57. The Labute approximate surface area is 123 Å². The SMILES string of the molecule is CCc1cc(-c2cncc(OCc3ccccc3)c2)on1. The van der Waals surface area contributed by atoms with Gasteiger partial charge in [0.05, 0.1) is 11.9 Å². The number of rotatable bonds is 5. The largest absolute Gasteiger partial charge is 0.487 e. The molecule has 0 unspecified atom stereocenters. The van der Waals surface area contributed by atoms with E-state index in [1.165, 1.54) is 0 Å². The first kappa shape index (κ1) is 13.4. The van der Waals surface area contributed by atoms with Crippen LogP contribution >= 0.6 is 0 Å². The lowest BCUT2D eigenvalue weighted by Crippen LogP contribution is -1.95. The molecule has 0 bridgehead atoms. The summed E-state index contributed by atoms with van der Waals surface area (Å²) in [5.41, 5.74) is 2.92. The molecule has 3 rings (SSSR count). The Kier molecular flexibility index (Phi) is 3.96. The Bertz CT molecular complexity index is 708. The zero-order valence-corrected chi connectivity index (χ0v) is 11.8. The molecule has 4 heteroatoms. The van der Waals surface area contributed by atoms with Crippen LogP contribution in [0.2, 0.25) is 0 Å². The van der Waals surface area contributed by atoms with Crippen molar-refractivity contribution >= 4 is 0 Å². The maximum atomic E-state index is 5.76. The summed E-state index contributed by atoms with van der Waals surface area (Å²) >= 11 is 0. The van der Waals surface area contributed by atoms with Crippen LogP contribution in [-0.2, 0) is 13.0 Å². The summed E-state index contributed by atoms with van der Waals surface area (Å²) in [6, 6.07) is 13.9. The van der Waals surface area contributed by atoms with Crippen LogP contribution in [0.25, 0.3) is 11.3 Å². The lowest BCUT2D eigenvalue weighted by atomic mass is 10.2. The lowest BCUT2D eigenvalue weighted by Gasteiger charge is -2.06. The first-order valence-corrected chi connectivity index (χ1v) is 6.93. The van der Waals surface area contributed by atoms with E-state index >= 15 is 0 Å². The summed E-state index contributed by atoms with van der Waals surface area (Å²) in [5.74, 6) is 1.43. The zero-order valence-electron chi connectivity index (χ0n) is 11.8. The van der Waals surface area contributed by atoms with Crippen LogP contribution in [-0.4, -0.2) is 10.1 Å². The predicted octanol–water partition coefficient (Wildman–Crippen LogP) is 3.88. The fourth-order valence-electron chi connectivity index (χ4n) is 1.99. The van der Waals surface area contributed by atoms with E-state index in [0.29, 0.717) is 18.1 Å². The molecule has 0 atom stereocenters. The van der Waals surface area contributed by atoms with Crippen molar-refractivity contribution < 1.29 is 9.26 Å². The van der Waals surface area contributed by atoms with Crippen LogP contribution in [0.5, 0.6) is 5.75 Å². The summed E-state index contributed by atoms with van der Waals surface area (Å²) in [6.07, 6.45) is 4.29. The van der Waals surface area contributed by atoms with E-state index < -0.39 is 0 Å². The van der Waals surface area contributed by atoms with Gasteiger partial charge in [0.2, 0.25) is 0 Å². The molecule has 21 heavy (non-hydrogen) atoms. The minimum Gasteiger partial charge on any atom is -0.487 e. The van der Waals surface area contributed by atoms with Gasteiger partial charge in [-0.15, -0.1) is 0 Å². The van der Waals surface area contributed by atoms with Crippen molar-refractivity contribution in [3.05, 3.63) is 66.1 Å². The van der Waals surface area contributed by atoms with E-state index in [1.807, 2.05) is 49.4 Å². The van der Waals surface area contributed by atoms with Crippen LogP contribution in [0.15, 0.2) is 59.4 Å². The Balaban J connectivity index is 1.74. The molecule has 2 heterocycles. The molecule has 0 aliphatic carbocycles. The first-order chi connectivity index (χ1) is 10.3. The van der Waals surface area contributed by atoms with E-state index in [4.69, 9.17) is 9.26 Å². The second-order valence-corrected chi connectivity index (χ2v) is 4.72. The fourth-order valence-corrected chi connectivity index (χ4v) is 1.99. The zero-order chi connectivity index (χ0) is 14.5. The molecule has 3 aromatic rings. The summed E-state index contributed by atoms with van der Waals surface area (Å²) in [5, 5.41) is 3.99. The van der Waals surface area contributed by atoms with Crippen molar-refractivity contribution in [3.8, 4) is 17.1 Å². The van der Waals surface area contributed by atoms with E-state index in [0.717, 1.165) is 23.2 Å². The average molecular weight is 280 g/mol. The van der Waals surface area contributed by atoms with Crippen molar-refractivity contribution in [2.45, 2.75) is 20.0 Å². The summed E-state index contributed by atoms with van der Waals surface area (Å²) in [6.45, 7) is 2.56. The Morgan fingerprint density at radius 1 is 1.10 bits per heavy atom.